The van der Waals surface area contributed by atoms with Crippen molar-refractivity contribution in [3.05, 3.63) is 30.3 Å². The summed E-state index contributed by atoms with van der Waals surface area (Å²) in [5.74, 6) is 0. The third kappa shape index (κ3) is 4.32. The molecule has 1 saturated heterocycles. The van der Waals surface area contributed by atoms with Gasteiger partial charge in [-0.05, 0) is 43.6 Å². The van der Waals surface area contributed by atoms with Gasteiger partial charge in [0.1, 0.15) is 0 Å². The van der Waals surface area contributed by atoms with Gasteiger partial charge in [-0.3, -0.25) is 0 Å². The van der Waals surface area contributed by atoms with Crippen LogP contribution in [0.15, 0.2) is 30.3 Å². The molecule has 17 heavy (non-hydrogen) atoms. The van der Waals surface area contributed by atoms with E-state index in [9.17, 15) is 0 Å². The maximum absolute atomic E-state index is 5.63. The quantitative estimate of drug-likeness (QED) is 0.808. The highest BCUT2D eigenvalue weighted by molar-refractivity contribution is 7.80. The number of rotatable bonds is 3. The number of ether oxygens (including phenoxy) is 1. The lowest BCUT2D eigenvalue weighted by Crippen LogP contribution is -2.37. The fourth-order valence-corrected chi connectivity index (χ4v) is 2.07. The molecule has 92 valence electrons. The number of hydrogen-bond acceptors (Lipinski definition) is 2. The minimum absolute atomic E-state index is 0.305. The second kappa shape index (κ2) is 6.57. The van der Waals surface area contributed by atoms with Crippen molar-refractivity contribution in [2.24, 2.45) is 0 Å². The Bertz CT molecular complexity index is 350. The molecule has 1 aliphatic heterocycles. The Morgan fingerprint density at radius 3 is 2.82 bits per heavy atom. The van der Waals surface area contributed by atoms with Crippen molar-refractivity contribution in [3.63, 3.8) is 0 Å². The standard InChI is InChI=1S/C13H18N2OS/c17-13(15-11-6-2-1-3-7-11)14-10-12-8-4-5-9-16-12/h1-3,6-7,12H,4-5,8-10H2,(H2,14,15,17). The summed E-state index contributed by atoms with van der Waals surface area (Å²) in [6, 6.07) is 9.93. The molecule has 1 heterocycles. The number of hydrogen-bond donors (Lipinski definition) is 2. The van der Waals surface area contributed by atoms with Crippen molar-refractivity contribution >= 4 is 23.0 Å². The van der Waals surface area contributed by atoms with Crippen LogP contribution in [-0.4, -0.2) is 24.4 Å². The first-order valence-corrected chi connectivity index (χ1v) is 6.47. The van der Waals surface area contributed by atoms with Crippen LogP contribution in [0.4, 0.5) is 5.69 Å². The number of para-hydroxylation sites is 1. The number of anilines is 1. The van der Waals surface area contributed by atoms with Gasteiger partial charge in [-0.2, -0.15) is 0 Å². The average Bonchev–Trinajstić information content (AvgIpc) is 2.39. The molecule has 0 bridgehead atoms. The number of nitrogens with one attached hydrogen (secondary N) is 2. The van der Waals surface area contributed by atoms with Gasteiger partial charge in [-0.15, -0.1) is 0 Å². The molecule has 1 aromatic rings. The molecule has 4 heteroatoms. The van der Waals surface area contributed by atoms with Gasteiger partial charge in [-0.25, -0.2) is 0 Å². The molecule has 0 spiro atoms. The molecule has 1 atom stereocenters. The second-order valence-electron chi connectivity index (χ2n) is 4.19. The van der Waals surface area contributed by atoms with Crippen molar-refractivity contribution in [1.29, 1.82) is 0 Å². The van der Waals surface area contributed by atoms with Gasteiger partial charge in [-0.1, -0.05) is 18.2 Å². The summed E-state index contributed by atoms with van der Waals surface area (Å²) in [6.45, 7) is 1.67. The molecular weight excluding hydrogens is 232 g/mol. The maximum atomic E-state index is 5.63. The fraction of sp³-hybridized carbons (Fsp3) is 0.462. The van der Waals surface area contributed by atoms with E-state index in [-0.39, 0.29) is 0 Å². The average molecular weight is 250 g/mol. The normalized spacial score (nSPS) is 19.6. The monoisotopic (exact) mass is 250 g/mol. The first-order valence-electron chi connectivity index (χ1n) is 6.06. The van der Waals surface area contributed by atoms with E-state index in [0.717, 1.165) is 25.3 Å². The van der Waals surface area contributed by atoms with E-state index < -0.39 is 0 Å². The van der Waals surface area contributed by atoms with Crippen LogP contribution in [0.2, 0.25) is 0 Å². The fourth-order valence-electron chi connectivity index (χ4n) is 1.87. The zero-order chi connectivity index (χ0) is 11.9. The van der Waals surface area contributed by atoms with Gasteiger partial charge in [0, 0.05) is 18.8 Å². The highest BCUT2D eigenvalue weighted by Gasteiger charge is 2.13. The molecule has 1 unspecified atom stereocenters. The predicted octanol–water partition coefficient (Wildman–Crippen LogP) is 2.54. The highest BCUT2D eigenvalue weighted by atomic mass is 32.1. The van der Waals surface area contributed by atoms with Gasteiger partial charge in [0.2, 0.25) is 0 Å². The Morgan fingerprint density at radius 2 is 2.12 bits per heavy atom. The minimum atomic E-state index is 0.305. The van der Waals surface area contributed by atoms with Crippen LogP contribution in [0.1, 0.15) is 19.3 Å². The molecule has 0 radical (unpaired) electrons. The molecule has 0 amide bonds. The van der Waals surface area contributed by atoms with E-state index in [1.54, 1.807) is 0 Å². The minimum Gasteiger partial charge on any atom is -0.376 e. The summed E-state index contributed by atoms with van der Waals surface area (Å²) in [7, 11) is 0. The van der Waals surface area contributed by atoms with Crippen molar-refractivity contribution in [1.82, 2.24) is 5.32 Å². The van der Waals surface area contributed by atoms with Gasteiger partial charge in [0.05, 0.1) is 6.10 Å². The van der Waals surface area contributed by atoms with Crippen LogP contribution in [0, 0.1) is 0 Å². The Morgan fingerprint density at radius 1 is 1.29 bits per heavy atom. The third-order valence-corrected chi connectivity index (χ3v) is 3.04. The summed E-state index contributed by atoms with van der Waals surface area (Å²) in [5.41, 5.74) is 1.01. The van der Waals surface area contributed by atoms with Crippen molar-refractivity contribution < 1.29 is 4.74 Å². The first-order chi connectivity index (χ1) is 8.34. The van der Waals surface area contributed by atoms with Gasteiger partial charge < -0.3 is 15.4 Å². The van der Waals surface area contributed by atoms with E-state index in [0.29, 0.717) is 11.2 Å². The van der Waals surface area contributed by atoms with Crippen LogP contribution in [0.3, 0.4) is 0 Å². The largest absolute Gasteiger partial charge is 0.376 e. The summed E-state index contributed by atoms with van der Waals surface area (Å²) in [6.07, 6.45) is 3.87. The van der Waals surface area contributed by atoms with E-state index in [4.69, 9.17) is 17.0 Å². The predicted molar refractivity (Wildman–Crippen MR) is 74.3 cm³/mol. The lowest BCUT2D eigenvalue weighted by molar-refractivity contribution is 0.0196. The van der Waals surface area contributed by atoms with Crippen LogP contribution >= 0.6 is 12.2 Å². The molecule has 0 saturated carbocycles. The van der Waals surface area contributed by atoms with Gasteiger partial charge in [0.15, 0.2) is 5.11 Å². The van der Waals surface area contributed by atoms with Crippen LogP contribution < -0.4 is 10.6 Å². The lowest BCUT2D eigenvalue weighted by Gasteiger charge is -2.23. The van der Waals surface area contributed by atoms with E-state index in [2.05, 4.69) is 10.6 Å². The third-order valence-electron chi connectivity index (χ3n) is 2.80. The molecule has 0 aromatic heterocycles. The smallest absolute Gasteiger partial charge is 0.170 e. The molecule has 3 nitrogen and oxygen atoms in total. The maximum Gasteiger partial charge on any atom is 0.170 e. The molecular formula is C13H18N2OS. The summed E-state index contributed by atoms with van der Waals surface area (Å²) >= 11 is 5.23. The number of thiocarbonyl (C=S) groups is 1. The molecule has 0 aliphatic carbocycles. The van der Waals surface area contributed by atoms with Crippen molar-refractivity contribution in [2.75, 3.05) is 18.5 Å². The van der Waals surface area contributed by atoms with Crippen LogP contribution in [0.25, 0.3) is 0 Å². The van der Waals surface area contributed by atoms with Crippen molar-refractivity contribution in [3.8, 4) is 0 Å². The first kappa shape index (κ1) is 12.3. The summed E-state index contributed by atoms with van der Waals surface area (Å²) in [4.78, 5) is 0. The van der Waals surface area contributed by atoms with E-state index in [1.807, 2.05) is 30.3 Å². The topological polar surface area (TPSA) is 33.3 Å². The SMILES string of the molecule is S=C(NCC1CCCCO1)Nc1ccccc1. The second-order valence-corrected chi connectivity index (χ2v) is 4.60. The molecule has 1 aromatic carbocycles. The van der Waals surface area contributed by atoms with E-state index >= 15 is 0 Å². The van der Waals surface area contributed by atoms with E-state index in [1.165, 1.54) is 12.8 Å². The molecule has 2 rings (SSSR count). The highest BCUT2D eigenvalue weighted by Crippen LogP contribution is 2.11. The summed E-state index contributed by atoms with van der Waals surface area (Å²) < 4.78 is 5.63. The Kier molecular flexibility index (Phi) is 4.76. The lowest BCUT2D eigenvalue weighted by atomic mass is 10.1. The Hall–Kier alpha value is -1.13. The van der Waals surface area contributed by atoms with Crippen LogP contribution in [-0.2, 0) is 4.74 Å². The zero-order valence-electron chi connectivity index (χ0n) is 9.82. The van der Waals surface area contributed by atoms with Gasteiger partial charge >= 0.3 is 0 Å². The molecule has 1 fully saturated rings. The Balaban J connectivity index is 1.70. The van der Waals surface area contributed by atoms with Gasteiger partial charge in [0.25, 0.3) is 0 Å². The number of benzene rings is 1. The molecule has 1 aliphatic rings. The van der Waals surface area contributed by atoms with Crippen molar-refractivity contribution in [2.45, 2.75) is 25.4 Å². The summed E-state index contributed by atoms with van der Waals surface area (Å²) in [5, 5.41) is 7.00. The zero-order valence-corrected chi connectivity index (χ0v) is 10.6. The molecule has 2 N–H and O–H groups in total. The Labute approximate surface area is 108 Å². The van der Waals surface area contributed by atoms with Crippen LogP contribution in [0.5, 0.6) is 0 Å².